The smallest absolute Gasteiger partial charge is 0.306 e. The molecule has 0 aliphatic carbocycles. The third-order valence-corrected chi connectivity index (χ3v) is 1.14. The van der Waals surface area contributed by atoms with Crippen LogP contribution in [0, 0.1) is 0 Å². The fourth-order valence-corrected chi connectivity index (χ4v) is 0.574. The molecule has 0 aliphatic rings. The standard InChI is InChI=1S/C7H13NO3/c1-3-11-7(10)5-4-6(9)8-2/h3-5H2,1-2H3,(H,8,9). The summed E-state index contributed by atoms with van der Waals surface area (Å²) in [7, 11) is 1.54. The molecule has 1 amide bonds. The SMILES string of the molecule is CCOC(=O)CCC(=O)NC. The summed E-state index contributed by atoms with van der Waals surface area (Å²) >= 11 is 0. The maximum atomic E-state index is 10.7. The molecule has 0 saturated heterocycles. The zero-order valence-electron chi connectivity index (χ0n) is 6.85. The van der Waals surface area contributed by atoms with Gasteiger partial charge in [-0.15, -0.1) is 0 Å². The molecule has 0 aromatic rings. The van der Waals surface area contributed by atoms with Crippen molar-refractivity contribution in [2.24, 2.45) is 0 Å². The minimum atomic E-state index is -0.323. The van der Waals surface area contributed by atoms with Crippen LogP contribution in [0.15, 0.2) is 0 Å². The summed E-state index contributed by atoms with van der Waals surface area (Å²) in [6.45, 7) is 2.10. The van der Waals surface area contributed by atoms with Crippen molar-refractivity contribution >= 4 is 11.9 Å². The molecule has 0 aliphatic heterocycles. The number of esters is 1. The number of ether oxygens (including phenoxy) is 1. The van der Waals surface area contributed by atoms with Gasteiger partial charge in [-0.05, 0) is 6.92 Å². The van der Waals surface area contributed by atoms with E-state index >= 15 is 0 Å². The van der Waals surface area contributed by atoms with Crippen LogP contribution in [0.2, 0.25) is 0 Å². The van der Waals surface area contributed by atoms with Gasteiger partial charge in [-0.3, -0.25) is 9.59 Å². The van der Waals surface area contributed by atoms with Crippen LogP contribution in [-0.2, 0) is 14.3 Å². The van der Waals surface area contributed by atoms with Crippen molar-refractivity contribution in [3.63, 3.8) is 0 Å². The van der Waals surface area contributed by atoms with Gasteiger partial charge in [0.15, 0.2) is 0 Å². The molecule has 64 valence electrons. The Morgan fingerprint density at radius 3 is 2.45 bits per heavy atom. The van der Waals surface area contributed by atoms with Crippen molar-refractivity contribution in [1.82, 2.24) is 5.32 Å². The van der Waals surface area contributed by atoms with E-state index in [9.17, 15) is 9.59 Å². The summed E-state index contributed by atoms with van der Waals surface area (Å²) in [5.41, 5.74) is 0. The van der Waals surface area contributed by atoms with Crippen molar-refractivity contribution < 1.29 is 14.3 Å². The number of carbonyl (C=O) groups excluding carboxylic acids is 2. The largest absolute Gasteiger partial charge is 0.466 e. The Kier molecular flexibility index (Phi) is 5.15. The molecule has 0 unspecified atom stereocenters. The average Bonchev–Trinajstić information content (AvgIpc) is 2.01. The van der Waals surface area contributed by atoms with Crippen LogP contribution in [0.5, 0.6) is 0 Å². The first-order valence-corrected chi connectivity index (χ1v) is 3.57. The second kappa shape index (κ2) is 5.70. The van der Waals surface area contributed by atoms with Crippen molar-refractivity contribution in [2.45, 2.75) is 19.8 Å². The minimum Gasteiger partial charge on any atom is -0.466 e. The predicted octanol–water partition coefficient (Wildman–Crippen LogP) is 0.0757. The fourth-order valence-electron chi connectivity index (χ4n) is 0.574. The maximum Gasteiger partial charge on any atom is 0.306 e. The van der Waals surface area contributed by atoms with Crippen LogP contribution in [0.1, 0.15) is 19.8 Å². The van der Waals surface area contributed by atoms with Crippen molar-refractivity contribution in [3.05, 3.63) is 0 Å². The summed E-state index contributed by atoms with van der Waals surface area (Å²) in [5.74, 6) is -0.464. The topological polar surface area (TPSA) is 55.4 Å². The van der Waals surface area contributed by atoms with E-state index in [1.807, 2.05) is 0 Å². The molecule has 0 aromatic heterocycles. The lowest BCUT2D eigenvalue weighted by Crippen LogP contribution is -2.19. The highest BCUT2D eigenvalue weighted by atomic mass is 16.5. The van der Waals surface area contributed by atoms with Gasteiger partial charge >= 0.3 is 5.97 Å². The highest BCUT2D eigenvalue weighted by molar-refractivity contribution is 5.80. The number of carbonyl (C=O) groups is 2. The summed E-state index contributed by atoms with van der Waals surface area (Å²) < 4.78 is 4.62. The Bertz CT molecular complexity index is 145. The van der Waals surface area contributed by atoms with Gasteiger partial charge < -0.3 is 10.1 Å². The summed E-state index contributed by atoms with van der Waals surface area (Å²) in [4.78, 5) is 21.3. The van der Waals surface area contributed by atoms with Crippen LogP contribution < -0.4 is 5.32 Å². The second-order valence-electron chi connectivity index (χ2n) is 1.98. The lowest BCUT2D eigenvalue weighted by molar-refractivity contribution is -0.144. The van der Waals surface area contributed by atoms with Crippen molar-refractivity contribution in [3.8, 4) is 0 Å². The fraction of sp³-hybridized carbons (Fsp3) is 0.714. The molecule has 0 bridgehead atoms. The maximum absolute atomic E-state index is 10.7. The molecule has 0 aromatic carbocycles. The van der Waals surface area contributed by atoms with E-state index in [0.717, 1.165) is 0 Å². The molecule has 0 heterocycles. The Balaban J connectivity index is 3.38. The molecule has 0 radical (unpaired) electrons. The molecule has 4 heteroatoms. The number of hydrogen-bond acceptors (Lipinski definition) is 3. The monoisotopic (exact) mass is 159 g/mol. The van der Waals surface area contributed by atoms with Crippen molar-refractivity contribution in [2.75, 3.05) is 13.7 Å². The molecule has 0 fully saturated rings. The summed E-state index contributed by atoms with van der Waals surface area (Å²) in [6.07, 6.45) is 0.364. The second-order valence-corrected chi connectivity index (χ2v) is 1.98. The highest BCUT2D eigenvalue weighted by Crippen LogP contribution is 1.91. The number of hydrogen-bond donors (Lipinski definition) is 1. The third-order valence-electron chi connectivity index (χ3n) is 1.14. The highest BCUT2D eigenvalue weighted by Gasteiger charge is 2.04. The third kappa shape index (κ3) is 5.39. The molecule has 1 N–H and O–H groups in total. The lowest BCUT2D eigenvalue weighted by atomic mass is 10.3. The minimum absolute atomic E-state index is 0.141. The van der Waals surface area contributed by atoms with E-state index in [4.69, 9.17) is 0 Å². The molecule has 0 saturated carbocycles. The van der Waals surface area contributed by atoms with Gasteiger partial charge in [-0.1, -0.05) is 0 Å². The summed E-state index contributed by atoms with van der Waals surface area (Å²) in [5, 5.41) is 2.42. The van der Waals surface area contributed by atoms with E-state index in [2.05, 4.69) is 10.1 Å². The van der Waals surface area contributed by atoms with E-state index in [1.165, 1.54) is 7.05 Å². The van der Waals surface area contributed by atoms with Crippen LogP contribution in [0.4, 0.5) is 0 Å². The zero-order chi connectivity index (χ0) is 8.69. The van der Waals surface area contributed by atoms with E-state index in [0.29, 0.717) is 6.61 Å². The first kappa shape index (κ1) is 9.94. The van der Waals surface area contributed by atoms with Gasteiger partial charge in [0.1, 0.15) is 0 Å². The van der Waals surface area contributed by atoms with Crippen molar-refractivity contribution in [1.29, 1.82) is 0 Å². The van der Waals surface area contributed by atoms with Gasteiger partial charge in [-0.25, -0.2) is 0 Å². The number of nitrogens with one attached hydrogen (secondary N) is 1. The Hall–Kier alpha value is -1.06. The van der Waals surface area contributed by atoms with Gasteiger partial charge in [0, 0.05) is 13.5 Å². The lowest BCUT2D eigenvalue weighted by Gasteiger charge is -1.99. The first-order chi connectivity index (χ1) is 5.20. The number of rotatable bonds is 4. The van der Waals surface area contributed by atoms with E-state index in [1.54, 1.807) is 6.92 Å². The van der Waals surface area contributed by atoms with Gasteiger partial charge in [0.2, 0.25) is 5.91 Å². The van der Waals surface area contributed by atoms with Gasteiger partial charge in [-0.2, -0.15) is 0 Å². The van der Waals surface area contributed by atoms with Crippen LogP contribution >= 0.6 is 0 Å². The van der Waals surface area contributed by atoms with E-state index < -0.39 is 0 Å². The molecule has 11 heavy (non-hydrogen) atoms. The molecule has 0 spiro atoms. The molecular formula is C7H13NO3. The van der Waals surface area contributed by atoms with Gasteiger partial charge in [0.05, 0.1) is 13.0 Å². The Labute approximate surface area is 65.9 Å². The summed E-state index contributed by atoms with van der Waals surface area (Å²) in [6, 6.07) is 0. The van der Waals surface area contributed by atoms with Crippen LogP contribution in [-0.4, -0.2) is 25.5 Å². The quantitative estimate of drug-likeness (QED) is 0.591. The normalized spacial score (nSPS) is 8.91. The van der Waals surface area contributed by atoms with Gasteiger partial charge in [0.25, 0.3) is 0 Å². The molecular weight excluding hydrogens is 146 g/mol. The number of amides is 1. The molecule has 0 atom stereocenters. The first-order valence-electron chi connectivity index (χ1n) is 3.57. The van der Waals surface area contributed by atoms with E-state index in [-0.39, 0.29) is 24.7 Å². The van der Waals surface area contributed by atoms with Crippen LogP contribution in [0.3, 0.4) is 0 Å². The molecule has 0 rings (SSSR count). The average molecular weight is 159 g/mol. The Morgan fingerprint density at radius 1 is 1.36 bits per heavy atom. The Morgan fingerprint density at radius 2 is 2.00 bits per heavy atom. The zero-order valence-corrected chi connectivity index (χ0v) is 6.85. The predicted molar refractivity (Wildman–Crippen MR) is 39.9 cm³/mol. The molecule has 4 nitrogen and oxygen atoms in total. The van der Waals surface area contributed by atoms with Crippen LogP contribution in [0.25, 0.3) is 0 Å².